The van der Waals surface area contributed by atoms with Gasteiger partial charge in [-0.25, -0.2) is 13.2 Å². The normalized spacial score (nSPS) is 14.9. The van der Waals surface area contributed by atoms with Gasteiger partial charge in [0.05, 0.1) is 17.5 Å². The molecule has 1 fully saturated rings. The maximum absolute atomic E-state index is 15.6. The Morgan fingerprint density at radius 1 is 1.09 bits per heavy atom. The van der Waals surface area contributed by atoms with Crippen LogP contribution in [0, 0.1) is 31.4 Å². The molecule has 0 spiro atoms. The van der Waals surface area contributed by atoms with Crippen molar-refractivity contribution in [2.45, 2.75) is 65.2 Å². The first-order chi connectivity index (χ1) is 20.7. The van der Waals surface area contributed by atoms with E-state index in [4.69, 9.17) is 11.6 Å². The Hall–Kier alpha value is -3.28. The number of aromatic nitrogens is 1. The summed E-state index contributed by atoms with van der Waals surface area (Å²) in [7, 11) is 0. The highest BCUT2D eigenvalue weighted by Gasteiger charge is 2.30. The third-order valence-electron chi connectivity index (χ3n) is 7.87. The zero-order chi connectivity index (χ0) is 32.3. The van der Waals surface area contributed by atoms with Gasteiger partial charge in [0, 0.05) is 37.5 Å². The number of carboxylic acids is 1. The minimum Gasteiger partial charge on any atom is -0.481 e. The van der Waals surface area contributed by atoms with Crippen molar-refractivity contribution in [3.63, 3.8) is 0 Å². The van der Waals surface area contributed by atoms with Crippen LogP contribution in [0.3, 0.4) is 0 Å². The van der Waals surface area contributed by atoms with Crippen molar-refractivity contribution in [2.24, 2.45) is 5.92 Å². The number of pyridine rings is 1. The molecular weight excluding hydrogens is 627 g/mol. The third-order valence-corrected chi connectivity index (χ3v) is 8.15. The molecule has 1 amide bonds. The summed E-state index contributed by atoms with van der Waals surface area (Å²) in [6.45, 7) is 8.50. The minimum absolute atomic E-state index is 0. The standard InChI is InChI=1S/C33H37ClF3N3O4.H2S/c1-18(2)9-28(40-15-21(5-6-29(40)41)7-8-39-16-24(36)17-39)33(44)38-27(14-30(42)43)25-12-22(13-26(34)32(25)37)31-19(3)10-23(35)11-20(31)4;/h5-6,10-13,15,18,24,27-28H,7-9,14,16-17H2,1-4H3,(H,38,44)(H,42,43);1H2/t27-,28?;/m0./s1. The summed E-state index contributed by atoms with van der Waals surface area (Å²) in [5, 5.41) is 12.1. The Labute approximate surface area is 272 Å². The predicted octanol–water partition coefficient (Wildman–Crippen LogP) is 6.29. The summed E-state index contributed by atoms with van der Waals surface area (Å²) < 4.78 is 44.1. The lowest BCUT2D eigenvalue weighted by atomic mass is 9.92. The zero-order valence-corrected chi connectivity index (χ0v) is 27.4. The Morgan fingerprint density at radius 3 is 2.31 bits per heavy atom. The number of nitrogens with one attached hydrogen (secondary N) is 1. The second kappa shape index (κ2) is 15.3. The van der Waals surface area contributed by atoms with E-state index in [1.807, 2.05) is 18.7 Å². The maximum Gasteiger partial charge on any atom is 0.305 e. The molecule has 7 nitrogen and oxygen atoms in total. The van der Waals surface area contributed by atoms with E-state index in [-0.39, 0.29) is 36.4 Å². The van der Waals surface area contributed by atoms with E-state index >= 15 is 4.39 Å². The topological polar surface area (TPSA) is 91.6 Å². The number of halogens is 4. The summed E-state index contributed by atoms with van der Waals surface area (Å²) in [6, 6.07) is 6.17. The molecule has 0 saturated carbocycles. The van der Waals surface area contributed by atoms with Crippen molar-refractivity contribution < 1.29 is 27.9 Å². The highest BCUT2D eigenvalue weighted by atomic mass is 35.5. The number of nitrogens with zero attached hydrogens (tertiary/aromatic N) is 2. The number of carbonyl (C=O) groups is 2. The monoisotopic (exact) mass is 665 g/mol. The van der Waals surface area contributed by atoms with Gasteiger partial charge in [-0.3, -0.25) is 19.3 Å². The van der Waals surface area contributed by atoms with Gasteiger partial charge in [0.15, 0.2) is 0 Å². The van der Waals surface area contributed by atoms with Gasteiger partial charge in [-0.15, -0.1) is 0 Å². The molecule has 4 rings (SSSR count). The average Bonchev–Trinajstić information content (AvgIpc) is 2.90. The van der Waals surface area contributed by atoms with Crippen LogP contribution in [0.25, 0.3) is 11.1 Å². The van der Waals surface area contributed by atoms with Crippen LogP contribution in [-0.2, 0) is 16.0 Å². The molecule has 2 heterocycles. The van der Waals surface area contributed by atoms with Crippen LogP contribution < -0.4 is 10.9 Å². The molecule has 2 atom stereocenters. The van der Waals surface area contributed by atoms with E-state index in [0.29, 0.717) is 48.3 Å². The first-order valence-electron chi connectivity index (χ1n) is 14.6. The molecule has 0 bridgehead atoms. The van der Waals surface area contributed by atoms with E-state index in [0.717, 1.165) is 5.56 Å². The van der Waals surface area contributed by atoms with Crippen LogP contribution in [0.5, 0.6) is 0 Å². The highest BCUT2D eigenvalue weighted by molar-refractivity contribution is 7.59. The average molecular weight is 666 g/mol. The predicted molar refractivity (Wildman–Crippen MR) is 174 cm³/mol. The number of aryl methyl sites for hydroxylation is 2. The highest BCUT2D eigenvalue weighted by Crippen LogP contribution is 2.36. The Kier molecular flexibility index (Phi) is 12.3. The quantitative estimate of drug-likeness (QED) is 0.237. The fourth-order valence-corrected chi connectivity index (χ4v) is 5.99. The third kappa shape index (κ3) is 8.92. The molecule has 2 N–H and O–H groups in total. The number of hydrogen-bond donors (Lipinski definition) is 2. The lowest BCUT2D eigenvalue weighted by molar-refractivity contribution is -0.138. The molecule has 0 radical (unpaired) electrons. The first kappa shape index (κ1) is 36.2. The SMILES string of the molecule is Cc1cc(F)cc(C)c1-c1cc(Cl)c(F)c([C@H](CC(=O)O)NC(=O)C(CC(C)C)n2cc(CCN3CC(F)C3)ccc2=O)c1.S. The van der Waals surface area contributed by atoms with Crippen LogP contribution in [0.1, 0.15) is 61.0 Å². The summed E-state index contributed by atoms with van der Waals surface area (Å²) in [5.74, 6) is -3.28. The molecule has 1 aliphatic rings. The fraction of sp³-hybridized carbons (Fsp3) is 0.424. The number of rotatable bonds is 12. The van der Waals surface area contributed by atoms with Crippen LogP contribution >= 0.6 is 25.1 Å². The fourth-order valence-electron chi connectivity index (χ4n) is 5.77. The largest absolute Gasteiger partial charge is 0.481 e. The van der Waals surface area contributed by atoms with E-state index in [9.17, 15) is 28.3 Å². The van der Waals surface area contributed by atoms with Crippen LogP contribution in [0.4, 0.5) is 13.2 Å². The van der Waals surface area contributed by atoms with E-state index < -0.39 is 53.7 Å². The number of aliphatic carboxylic acids is 1. The van der Waals surface area contributed by atoms with Gasteiger partial charge in [-0.2, -0.15) is 13.5 Å². The number of hydrogen-bond acceptors (Lipinski definition) is 4. The Balaban J connectivity index is 0.00000552. The molecule has 2 aromatic carbocycles. The number of amides is 1. The molecule has 1 aromatic heterocycles. The molecule has 1 unspecified atom stereocenters. The molecule has 244 valence electrons. The van der Waals surface area contributed by atoms with Crippen molar-refractivity contribution in [1.82, 2.24) is 14.8 Å². The second-order valence-electron chi connectivity index (χ2n) is 12.0. The molecule has 3 aromatic rings. The van der Waals surface area contributed by atoms with Crippen LogP contribution in [-0.4, -0.2) is 52.3 Å². The van der Waals surface area contributed by atoms with Crippen molar-refractivity contribution in [2.75, 3.05) is 19.6 Å². The number of carboxylic acid groups (broad SMARTS) is 1. The van der Waals surface area contributed by atoms with Crippen molar-refractivity contribution in [3.8, 4) is 11.1 Å². The summed E-state index contributed by atoms with van der Waals surface area (Å²) >= 11 is 6.28. The van der Waals surface area contributed by atoms with Crippen LogP contribution in [0.2, 0.25) is 5.02 Å². The zero-order valence-electron chi connectivity index (χ0n) is 25.7. The lowest BCUT2D eigenvalue weighted by Gasteiger charge is -2.34. The van der Waals surface area contributed by atoms with E-state index in [1.54, 1.807) is 26.1 Å². The lowest BCUT2D eigenvalue weighted by Crippen LogP contribution is -2.49. The van der Waals surface area contributed by atoms with Crippen LogP contribution in [0.15, 0.2) is 47.4 Å². The molecule has 1 aliphatic heterocycles. The van der Waals surface area contributed by atoms with Gasteiger partial charge in [0.1, 0.15) is 23.8 Å². The van der Waals surface area contributed by atoms with Crippen molar-refractivity contribution in [1.29, 1.82) is 0 Å². The second-order valence-corrected chi connectivity index (χ2v) is 12.4. The summed E-state index contributed by atoms with van der Waals surface area (Å²) in [5.41, 5.74) is 2.42. The van der Waals surface area contributed by atoms with Gasteiger partial charge in [-0.05, 0) is 84.7 Å². The summed E-state index contributed by atoms with van der Waals surface area (Å²) in [4.78, 5) is 40.7. The van der Waals surface area contributed by atoms with Gasteiger partial charge >= 0.3 is 5.97 Å². The van der Waals surface area contributed by atoms with Crippen molar-refractivity contribution in [3.05, 3.63) is 91.9 Å². The first-order valence-corrected chi connectivity index (χ1v) is 15.0. The minimum atomic E-state index is -1.33. The molecule has 1 saturated heterocycles. The smallest absolute Gasteiger partial charge is 0.305 e. The van der Waals surface area contributed by atoms with Gasteiger partial charge < -0.3 is 15.0 Å². The number of carbonyl (C=O) groups excluding carboxylic acids is 1. The maximum atomic E-state index is 15.6. The van der Waals surface area contributed by atoms with E-state index in [2.05, 4.69) is 5.32 Å². The number of benzene rings is 2. The van der Waals surface area contributed by atoms with E-state index in [1.165, 1.54) is 34.9 Å². The van der Waals surface area contributed by atoms with Gasteiger partial charge in [0.25, 0.3) is 5.56 Å². The Bertz CT molecular complexity index is 1590. The molecule has 45 heavy (non-hydrogen) atoms. The summed E-state index contributed by atoms with van der Waals surface area (Å²) in [6.07, 6.45) is 0.918. The number of likely N-dealkylation sites (tertiary alicyclic amines) is 1. The molecular formula is C33H39ClF3N3O4S. The molecule has 0 aliphatic carbocycles. The van der Waals surface area contributed by atoms with Crippen molar-refractivity contribution >= 4 is 37.0 Å². The van der Waals surface area contributed by atoms with Gasteiger partial charge in [0.2, 0.25) is 5.91 Å². The number of alkyl halides is 1. The molecule has 12 heteroatoms. The van der Waals surface area contributed by atoms with Gasteiger partial charge in [-0.1, -0.05) is 31.5 Å². The Morgan fingerprint density at radius 2 is 1.73 bits per heavy atom.